The Morgan fingerprint density at radius 3 is 2.94 bits per heavy atom. The maximum absolute atomic E-state index is 10.0. The minimum absolute atomic E-state index is 0.414. The highest BCUT2D eigenvalue weighted by molar-refractivity contribution is 7.99. The van der Waals surface area contributed by atoms with Gasteiger partial charge in [-0.05, 0) is 30.9 Å². The molecule has 3 rings (SSSR count). The van der Waals surface area contributed by atoms with Gasteiger partial charge in [-0.25, -0.2) is 0 Å². The topological polar surface area (TPSA) is 32.3 Å². The minimum atomic E-state index is -0.414. The van der Waals surface area contributed by atoms with Gasteiger partial charge in [0.05, 0.1) is 5.60 Å². The van der Waals surface area contributed by atoms with Crippen LogP contribution in [-0.2, 0) is 0 Å². The largest absolute Gasteiger partial charge is 0.389 e. The highest BCUT2D eigenvalue weighted by Gasteiger charge is 2.35. The van der Waals surface area contributed by atoms with Crippen molar-refractivity contribution in [2.75, 3.05) is 12.3 Å². The Kier molecular flexibility index (Phi) is 2.70. The van der Waals surface area contributed by atoms with Crippen molar-refractivity contribution in [3.05, 3.63) is 29.8 Å². The van der Waals surface area contributed by atoms with E-state index >= 15 is 0 Å². The molecule has 1 fully saturated rings. The van der Waals surface area contributed by atoms with Crippen LogP contribution < -0.4 is 5.32 Å². The summed E-state index contributed by atoms with van der Waals surface area (Å²) in [7, 11) is 0. The molecule has 1 unspecified atom stereocenters. The van der Waals surface area contributed by atoms with Crippen LogP contribution in [0.5, 0.6) is 0 Å². The fourth-order valence-electron chi connectivity index (χ4n) is 2.41. The van der Waals surface area contributed by atoms with Crippen LogP contribution in [0.1, 0.15) is 30.9 Å². The van der Waals surface area contributed by atoms with Crippen molar-refractivity contribution in [2.45, 2.75) is 35.8 Å². The maximum atomic E-state index is 10.0. The van der Waals surface area contributed by atoms with E-state index in [0.29, 0.717) is 6.04 Å². The first-order valence-corrected chi connectivity index (χ1v) is 6.93. The number of thioether (sulfide) groups is 1. The molecule has 0 radical (unpaired) electrons. The standard InChI is InChI=1S/C13H17NOS/c15-13(6-3-7-13)9-14-11-8-16-12-5-2-1-4-10(11)12/h1-2,4-5,11,14-15H,3,6-9H2. The second kappa shape index (κ2) is 4.06. The zero-order valence-corrected chi connectivity index (χ0v) is 10.1. The lowest BCUT2D eigenvalue weighted by Crippen LogP contribution is -2.47. The first kappa shape index (κ1) is 10.6. The molecule has 2 N–H and O–H groups in total. The predicted octanol–water partition coefficient (Wildman–Crippen LogP) is 2.34. The molecule has 1 heterocycles. The monoisotopic (exact) mass is 235 g/mol. The van der Waals surface area contributed by atoms with E-state index in [1.54, 1.807) is 0 Å². The summed E-state index contributed by atoms with van der Waals surface area (Å²) in [5.74, 6) is 1.09. The molecule has 0 aromatic heterocycles. The van der Waals surface area contributed by atoms with E-state index < -0.39 is 5.60 Å². The van der Waals surface area contributed by atoms with E-state index in [2.05, 4.69) is 29.6 Å². The van der Waals surface area contributed by atoms with Gasteiger partial charge in [-0.2, -0.15) is 0 Å². The summed E-state index contributed by atoms with van der Waals surface area (Å²) < 4.78 is 0. The highest BCUT2D eigenvalue weighted by Crippen LogP contribution is 2.38. The van der Waals surface area contributed by atoms with Gasteiger partial charge < -0.3 is 10.4 Å². The molecule has 16 heavy (non-hydrogen) atoms. The Morgan fingerprint density at radius 2 is 2.19 bits per heavy atom. The van der Waals surface area contributed by atoms with Crippen molar-refractivity contribution < 1.29 is 5.11 Å². The average Bonchev–Trinajstić information content (AvgIpc) is 2.67. The van der Waals surface area contributed by atoms with Gasteiger partial charge >= 0.3 is 0 Å². The number of fused-ring (bicyclic) bond motifs is 1. The fourth-order valence-corrected chi connectivity index (χ4v) is 3.60. The highest BCUT2D eigenvalue weighted by atomic mass is 32.2. The SMILES string of the molecule is OC1(CNC2CSc3ccccc32)CCC1. The van der Waals surface area contributed by atoms with E-state index in [-0.39, 0.29) is 0 Å². The molecule has 0 bridgehead atoms. The first-order valence-electron chi connectivity index (χ1n) is 5.94. The Hall–Kier alpha value is -0.510. The molecule has 2 nitrogen and oxygen atoms in total. The smallest absolute Gasteiger partial charge is 0.0771 e. The van der Waals surface area contributed by atoms with Gasteiger partial charge in [0, 0.05) is 23.2 Å². The number of aliphatic hydroxyl groups is 1. The molecule has 1 aromatic rings. The summed E-state index contributed by atoms with van der Waals surface area (Å²) in [6.07, 6.45) is 3.09. The molecular formula is C13H17NOS. The fraction of sp³-hybridized carbons (Fsp3) is 0.538. The van der Waals surface area contributed by atoms with Crippen molar-refractivity contribution >= 4 is 11.8 Å². The van der Waals surface area contributed by atoms with Gasteiger partial charge in [0.25, 0.3) is 0 Å². The van der Waals surface area contributed by atoms with Crippen molar-refractivity contribution in [3.8, 4) is 0 Å². The van der Waals surface area contributed by atoms with Crippen LogP contribution in [0, 0.1) is 0 Å². The number of hydrogen-bond acceptors (Lipinski definition) is 3. The third kappa shape index (κ3) is 1.88. The molecule has 0 spiro atoms. The Morgan fingerprint density at radius 1 is 1.38 bits per heavy atom. The summed E-state index contributed by atoms with van der Waals surface area (Å²) in [5, 5.41) is 13.6. The second-order valence-electron chi connectivity index (χ2n) is 4.86. The summed E-state index contributed by atoms with van der Waals surface area (Å²) in [5.41, 5.74) is 0.984. The quantitative estimate of drug-likeness (QED) is 0.843. The van der Waals surface area contributed by atoms with Crippen molar-refractivity contribution in [1.82, 2.24) is 5.32 Å². The van der Waals surface area contributed by atoms with E-state index in [1.165, 1.54) is 16.9 Å². The first-order chi connectivity index (χ1) is 7.77. The molecule has 86 valence electrons. The van der Waals surface area contributed by atoms with Gasteiger partial charge in [0.2, 0.25) is 0 Å². The van der Waals surface area contributed by atoms with Gasteiger partial charge in [-0.3, -0.25) is 0 Å². The van der Waals surface area contributed by atoms with Crippen LogP contribution in [-0.4, -0.2) is 23.0 Å². The molecule has 2 aliphatic rings. The van der Waals surface area contributed by atoms with Gasteiger partial charge in [0.15, 0.2) is 0 Å². The molecule has 0 saturated heterocycles. The third-order valence-electron chi connectivity index (χ3n) is 3.66. The van der Waals surface area contributed by atoms with Crippen LogP contribution in [0.3, 0.4) is 0 Å². The zero-order chi connectivity index (χ0) is 11.0. The van der Waals surface area contributed by atoms with Gasteiger partial charge in [-0.15, -0.1) is 11.8 Å². The van der Waals surface area contributed by atoms with Crippen LogP contribution >= 0.6 is 11.8 Å². The van der Waals surface area contributed by atoms with E-state index in [4.69, 9.17) is 0 Å². The second-order valence-corrected chi connectivity index (χ2v) is 5.92. The molecule has 1 aliphatic heterocycles. The van der Waals surface area contributed by atoms with Crippen LogP contribution in [0.25, 0.3) is 0 Å². The van der Waals surface area contributed by atoms with Gasteiger partial charge in [0.1, 0.15) is 0 Å². The Bertz CT molecular complexity index is 389. The van der Waals surface area contributed by atoms with Gasteiger partial charge in [-0.1, -0.05) is 18.2 Å². The summed E-state index contributed by atoms with van der Waals surface area (Å²) in [6, 6.07) is 8.98. The number of rotatable bonds is 3. The zero-order valence-electron chi connectivity index (χ0n) is 9.28. The molecule has 3 heteroatoms. The van der Waals surface area contributed by atoms with E-state index in [0.717, 1.165) is 25.1 Å². The lowest BCUT2D eigenvalue weighted by atomic mass is 9.80. The summed E-state index contributed by atoms with van der Waals surface area (Å²) in [6.45, 7) is 0.743. The number of nitrogens with one attached hydrogen (secondary N) is 1. The van der Waals surface area contributed by atoms with Crippen molar-refractivity contribution in [3.63, 3.8) is 0 Å². The van der Waals surface area contributed by atoms with Crippen molar-refractivity contribution in [2.24, 2.45) is 0 Å². The maximum Gasteiger partial charge on any atom is 0.0771 e. The Labute approximate surface area is 100 Å². The van der Waals surface area contributed by atoms with E-state index in [9.17, 15) is 5.11 Å². The molecular weight excluding hydrogens is 218 g/mol. The minimum Gasteiger partial charge on any atom is -0.389 e. The predicted molar refractivity (Wildman–Crippen MR) is 66.7 cm³/mol. The molecule has 1 saturated carbocycles. The lowest BCUT2D eigenvalue weighted by Gasteiger charge is -2.37. The molecule has 1 aliphatic carbocycles. The molecule has 0 amide bonds. The van der Waals surface area contributed by atoms with E-state index in [1.807, 2.05) is 11.8 Å². The van der Waals surface area contributed by atoms with Crippen molar-refractivity contribution in [1.29, 1.82) is 0 Å². The Balaban J connectivity index is 1.65. The number of benzene rings is 1. The van der Waals surface area contributed by atoms with Crippen LogP contribution in [0.15, 0.2) is 29.2 Å². The normalized spacial score (nSPS) is 26.2. The molecule has 1 aromatic carbocycles. The lowest BCUT2D eigenvalue weighted by molar-refractivity contribution is -0.0328. The van der Waals surface area contributed by atoms with Crippen LogP contribution in [0.4, 0.5) is 0 Å². The molecule has 1 atom stereocenters. The third-order valence-corrected chi connectivity index (χ3v) is 4.84. The average molecular weight is 235 g/mol. The summed E-state index contributed by atoms with van der Waals surface area (Å²) in [4.78, 5) is 1.39. The summed E-state index contributed by atoms with van der Waals surface area (Å²) >= 11 is 1.91. The van der Waals surface area contributed by atoms with Crippen LogP contribution in [0.2, 0.25) is 0 Å². The number of hydrogen-bond donors (Lipinski definition) is 2.